The fraction of sp³-hybridized carbons (Fsp3) is 0.429. The molecule has 2 nitrogen and oxygen atoms in total. The Morgan fingerprint density at radius 3 is 3.00 bits per heavy atom. The first-order valence-corrected chi connectivity index (χ1v) is 4.15. The van der Waals surface area contributed by atoms with E-state index in [0.717, 1.165) is 5.76 Å². The summed E-state index contributed by atoms with van der Waals surface area (Å²) in [6, 6.07) is 0. The average molecular weight is 256 g/mol. The number of rotatable bonds is 1. The Morgan fingerprint density at radius 2 is 2.50 bits per heavy atom. The molecule has 0 aromatic carbocycles. The van der Waals surface area contributed by atoms with Crippen LogP contribution in [-0.2, 0) is 9.47 Å². The third kappa shape index (κ3) is 2.60. The zero-order chi connectivity index (χ0) is 7.40. The first-order valence-electron chi connectivity index (χ1n) is 3.07. The van der Waals surface area contributed by atoms with Crippen LogP contribution in [0, 0.1) is 0 Å². The van der Waals surface area contributed by atoms with Crippen LogP contribution in [0.1, 0.15) is 6.92 Å². The Bertz CT molecular complexity index is 168. The summed E-state index contributed by atoms with van der Waals surface area (Å²) < 4.78 is 11.5. The maximum Gasteiger partial charge on any atom is 0.154 e. The molecule has 0 N–H and O–H groups in total. The molecule has 1 aliphatic rings. The Kier molecular flexibility index (Phi) is 3.05. The van der Waals surface area contributed by atoms with Crippen molar-refractivity contribution in [2.45, 2.75) is 6.92 Å². The third-order valence-corrected chi connectivity index (χ3v) is 1.32. The number of allylic oxidation sites excluding steroid dienone is 2. The summed E-state index contributed by atoms with van der Waals surface area (Å²) in [5, 5.41) is 0. The lowest BCUT2D eigenvalue weighted by atomic mass is 10.4. The lowest BCUT2D eigenvalue weighted by Gasteiger charge is -2.12. The molecule has 0 atom stereocenters. The molecule has 0 unspecified atom stereocenters. The van der Waals surface area contributed by atoms with Crippen LogP contribution in [-0.4, -0.2) is 13.2 Å². The molecule has 0 amide bonds. The lowest BCUT2D eigenvalue weighted by Crippen LogP contribution is -2.06. The molecule has 56 valence electrons. The summed E-state index contributed by atoms with van der Waals surface area (Å²) in [4.78, 5) is 0. The van der Waals surface area contributed by atoms with E-state index in [1.54, 1.807) is 6.26 Å². The Hall–Kier alpha value is -0.190. The molecule has 0 radical (unpaired) electrons. The SMILES string of the molecule is C/C([131I])=C\C1=COCCO1. The molecule has 0 aromatic rings. The monoisotopic (exact) mass is 256 g/mol. The van der Waals surface area contributed by atoms with Gasteiger partial charge >= 0.3 is 0 Å². The molecule has 0 saturated heterocycles. The molecular formula is C7H9IO2. The van der Waals surface area contributed by atoms with Crippen molar-refractivity contribution >= 4 is 22.6 Å². The van der Waals surface area contributed by atoms with Crippen LogP contribution in [0.5, 0.6) is 0 Å². The van der Waals surface area contributed by atoms with Crippen LogP contribution in [0.2, 0.25) is 0 Å². The maximum atomic E-state index is 5.24. The fourth-order valence-corrected chi connectivity index (χ4v) is 0.961. The van der Waals surface area contributed by atoms with Gasteiger partial charge in [0, 0.05) is 0 Å². The maximum absolute atomic E-state index is 5.24. The normalized spacial score (nSPS) is 19.0. The molecule has 0 fully saturated rings. The lowest BCUT2D eigenvalue weighted by molar-refractivity contribution is 0.0920. The van der Waals surface area contributed by atoms with Crippen molar-refractivity contribution in [1.29, 1.82) is 0 Å². The van der Waals surface area contributed by atoms with Gasteiger partial charge in [0.25, 0.3) is 0 Å². The molecule has 1 aliphatic heterocycles. The highest BCUT2D eigenvalue weighted by Crippen LogP contribution is 2.12. The van der Waals surface area contributed by atoms with Gasteiger partial charge in [0.2, 0.25) is 0 Å². The Labute approximate surface area is 74.0 Å². The van der Waals surface area contributed by atoms with Gasteiger partial charge in [-0.25, -0.2) is 0 Å². The number of ether oxygens (including phenoxy) is 2. The highest BCUT2D eigenvalue weighted by molar-refractivity contribution is 14.1. The molecule has 1 heterocycles. The van der Waals surface area contributed by atoms with E-state index in [9.17, 15) is 0 Å². The first-order chi connectivity index (χ1) is 4.79. The smallest absolute Gasteiger partial charge is 0.154 e. The van der Waals surface area contributed by atoms with Crippen LogP contribution in [0.3, 0.4) is 0 Å². The van der Waals surface area contributed by atoms with Crippen molar-refractivity contribution in [3.05, 3.63) is 21.7 Å². The molecule has 0 spiro atoms. The zero-order valence-corrected chi connectivity index (χ0v) is 7.92. The van der Waals surface area contributed by atoms with Crippen molar-refractivity contribution in [2.24, 2.45) is 0 Å². The topological polar surface area (TPSA) is 18.5 Å². The summed E-state index contributed by atoms with van der Waals surface area (Å²) in [5.74, 6) is 0.818. The van der Waals surface area contributed by atoms with Gasteiger partial charge in [-0.1, -0.05) is 0 Å². The minimum Gasteiger partial charge on any atom is -0.494 e. The summed E-state index contributed by atoms with van der Waals surface area (Å²) in [7, 11) is 0. The summed E-state index contributed by atoms with van der Waals surface area (Å²) in [6.45, 7) is 3.34. The van der Waals surface area contributed by atoms with Crippen molar-refractivity contribution < 1.29 is 9.47 Å². The van der Waals surface area contributed by atoms with Crippen LogP contribution < -0.4 is 0 Å². The summed E-state index contributed by atoms with van der Waals surface area (Å²) >= 11 is 2.23. The van der Waals surface area contributed by atoms with Gasteiger partial charge in [0.1, 0.15) is 19.5 Å². The first kappa shape index (κ1) is 7.91. The van der Waals surface area contributed by atoms with Gasteiger partial charge in [-0.05, 0) is 39.2 Å². The highest BCUT2D eigenvalue weighted by atomic mass is 131. The van der Waals surface area contributed by atoms with E-state index < -0.39 is 0 Å². The predicted octanol–water partition coefficient (Wildman–Crippen LogP) is 2.21. The van der Waals surface area contributed by atoms with E-state index in [-0.39, 0.29) is 0 Å². The van der Waals surface area contributed by atoms with Gasteiger partial charge in [-0.15, -0.1) is 0 Å². The Balaban J connectivity index is 2.54. The van der Waals surface area contributed by atoms with Crippen molar-refractivity contribution in [3.63, 3.8) is 0 Å². The van der Waals surface area contributed by atoms with Crippen molar-refractivity contribution in [1.82, 2.24) is 0 Å². The second-order valence-corrected chi connectivity index (χ2v) is 3.67. The number of hydrogen-bond donors (Lipinski definition) is 0. The molecule has 10 heavy (non-hydrogen) atoms. The molecule has 1 rings (SSSR count). The standard InChI is InChI=1S/C7H9IO2/c1-6(8)4-7-5-9-2-3-10-7/h4-5H,2-3H2,1H3/b6-4+/i8+4. The second-order valence-electron chi connectivity index (χ2n) is 1.97. The van der Waals surface area contributed by atoms with E-state index in [2.05, 4.69) is 22.6 Å². The quantitative estimate of drug-likeness (QED) is 0.669. The van der Waals surface area contributed by atoms with Crippen LogP contribution in [0.25, 0.3) is 0 Å². The minimum atomic E-state index is 0.659. The fourth-order valence-electron chi connectivity index (χ4n) is 0.654. The molecule has 3 heteroatoms. The second kappa shape index (κ2) is 3.85. The number of halogens is 1. The Morgan fingerprint density at radius 1 is 1.70 bits per heavy atom. The molecule has 0 bridgehead atoms. The van der Waals surface area contributed by atoms with Crippen molar-refractivity contribution in [3.8, 4) is 0 Å². The molecule has 0 aromatic heterocycles. The van der Waals surface area contributed by atoms with Gasteiger partial charge < -0.3 is 9.47 Å². The van der Waals surface area contributed by atoms with E-state index in [4.69, 9.17) is 9.47 Å². The van der Waals surface area contributed by atoms with E-state index in [1.165, 1.54) is 3.58 Å². The van der Waals surface area contributed by atoms with Crippen LogP contribution in [0.4, 0.5) is 0 Å². The average Bonchev–Trinajstić information content (AvgIpc) is 1.88. The van der Waals surface area contributed by atoms with Gasteiger partial charge in [-0.3, -0.25) is 0 Å². The minimum absolute atomic E-state index is 0.659. The van der Waals surface area contributed by atoms with E-state index in [1.807, 2.05) is 13.0 Å². The van der Waals surface area contributed by atoms with E-state index in [0.29, 0.717) is 13.2 Å². The molecule has 0 aliphatic carbocycles. The largest absolute Gasteiger partial charge is 0.494 e. The summed E-state index contributed by atoms with van der Waals surface area (Å²) in [6.07, 6.45) is 3.59. The van der Waals surface area contributed by atoms with Crippen molar-refractivity contribution in [2.75, 3.05) is 13.2 Å². The highest BCUT2D eigenvalue weighted by Gasteiger charge is 2.00. The number of hydrogen-bond acceptors (Lipinski definition) is 2. The van der Waals surface area contributed by atoms with Gasteiger partial charge in [0.15, 0.2) is 5.76 Å². The third-order valence-electron chi connectivity index (χ3n) is 1.01. The van der Waals surface area contributed by atoms with Crippen LogP contribution in [0.15, 0.2) is 21.7 Å². The molecular weight excluding hydrogens is 247 g/mol. The van der Waals surface area contributed by atoms with Gasteiger partial charge in [-0.2, -0.15) is 0 Å². The summed E-state index contributed by atoms with van der Waals surface area (Å²) in [5.41, 5.74) is 0. The van der Waals surface area contributed by atoms with E-state index >= 15 is 0 Å². The zero-order valence-electron chi connectivity index (χ0n) is 5.76. The predicted molar refractivity (Wildman–Crippen MR) is 47.8 cm³/mol. The van der Waals surface area contributed by atoms with Gasteiger partial charge in [0.05, 0.1) is 0 Å². The van der Waals surface area contributed by atoms with Crippen LogP contribution >= 0.6 is 22.6 Å². The molecule has 0 saturated carbocycles.